The summed E-state index contributed by atoms with van der Waals surface area (Å²) in [6, 6.07) is 11.5. The van der Waals surface area contributed by atoms with Crippen LogP contribution in [-0.2, 0) is 27.9 Å². The van der Waals surface area contributed by atoms with Gasteiger partial charge in [0, 0.05) is 44.5 Å². The molecule has 2 aliphatic rings. The molecule has 0 spiro atoms. The lowest BCUT2D eigenvalue weighted by molar-refractivity contribution is -0.126. The standard InChI is InChI=1S/C23H30N4O3S/c28-23(25-16-20-6-1-2-7-21(20)18-26-12-3-4-13-26)19-9-14-27(15-10-19)31(29,30)22-8-5-11-24-17-22/h1-2,5-8,11,17,19H,3-4,9-10,12-16,18H2,(H,25,28). The summed E-state index contributed by atoms with van der Waals surface area (Å²) in [5, 5.41) is 3.08. The largest absolute Gasteiger partial charge is 0.352 e. The molecule has 2 aromatic rings. The Morgan fingerprint density at radius 2 is 1.71 bits per heavy atom. The van der Waals surface area contributed by atoms with Crippen molar-refractivity contribution < 1.29 is 13.2 Å². The monoisotopic (exact) mass is 442 g/mol. The number of carbonyl (C=O) groups is 1. The molecule has 2 fully saturated rings. The molecule has 2 aliphatic heterocycles. The number of likely N-dealkylation sites (tertiary alicyclic amines) is 1. The Morgan fingerprint density at radius 1 is 1.00 bits per heavy atom. The summed E-state index contributed by atoms with van der Waals surface area (Å²) in [5.41, 5.74) is 2.42. The van der Waals surface area contributed by atoms with Crippen LogP contribution < -0.4 is 5.32 Å². The number of pyridine rings is 1. The third kappa shape index (κ3) is 5.31. The molecule has 4 rings (SSSR count). The number of piperidine rings is 1. The van der Waals surface area contributed by atoms with Crippen LogP contribution in [0.3, 0.4) is 0 Å². The van der Waals surface area contributed by atoms with Gasteiger partial charge in [0.1, 0.15) is 4.90 Å². The van der Waals surface area contributed by atoms with Crippen LogP contribution >= 0.6 is 0 Å². The van der Waals surface area contributed by atoms with Gasteiger partial charge in [-0.25, -0.2) is 8.42 Å². The Morgan fingerprint density at radius 3 is 2.39 bits per heavy atom. The number of aromatic nitrogens is 1. The van der Waals surface area contributed by atoms with E-state index in [1.54, 1.807) is 18.3 Å². The van der Waals surface area contributed by atoms with E-state index in [9.17, 15) is 13.2 Å². The topological polar surface area (TPSA) is 82.6 Å². The van der Waals surface area contributed by atoms with E-state index in [4.69, 9.17) is 0 Å². The number of amides is 1. The first kappa shape index (κ1) is 21.9. The Hall–Kier alpha value is -2.29. The fraction of sp³-hybridized carbons (Fsp3) is 0.478. The van der Waals surface area contributed by atoms with Crippen molar-refractivity contribution in [2.24, 2.45) is 5.92 Å². The Balaban J connectivity index is 1.30. The third-order valence-electron chi connectivity index (χ3n) is 6.26. The van der Waals surface area contributed by atoms with Crippen molar-refractivity contribution >= 4 is 15.9 Å². The molecular weight excluding hydrogens is 412 g/mol. The molecule has 0 bridgehead atoms. The highest BCUT2D eigenvalue weighted by atomic mass is 32.2. The maximum atomic E-state index is 12.8. The maximum absolute atomic E-state index is 12.8. The van der Waals surface area contributed by atoms with Crippen molar-refractivity contribution in [1.29, 1.82) is 0 Å². The van der Waals surface area contributed by atoms with Crippen molar-refractivity contribution in [3.63, 3.8) is 0 Å². The molecule has 8 heteroatoms. The molecule has 0 atom stereocenters. The molecule has 0 saturated carbocycles. The van der Waals surface area contributed by atoms with Crippen LogP contribution in [0.4, 0.5) is 0 Å². The van der Waals surface area contributed by atoms with E-state index in [0.29, 0.717) is 32.5 Å². The molecule has 1 N–H and O–H groups in total. The average molecular weight is 443 g/mol. The predicted octanol–water partition coefficient (Wildman–Crippen LogP) is 2.39. The molecule has 1 aromatic heterocycles. The molecule has 0 aliphatic carbocycles. The van der Waals surface area contributed by atoms with Crippen LogP contribution in [0.1, 0.15) is 36.8 Å². The van der Waals surface area contributed by atoms with Crippen LogP contribution in [-0.4, -0.2) is 54.7 Å². The number of benzene rings is 1. The van der Waals surface area contributed by atoms with E-state index in [1.165, 1.54) is 28.9 Å². The van der Waals surface area contributed by atoms with E-state index in [2.05, 4.69) is 33.4 Å². The summed E-state index contributed by atoms with van der Waals surface area (Å²) in [7, 11) is -3.55. The summed E-state index contributed by atoms with van der Waals surface area (Å²) in [4.78, 5) is 19.3. The van der Waals surface area contributed by atoms with Crippen LogP contribution in [0.2, 0.25) is 0 Å². The zero-order chi connectivity index (χ0) is 21.7. The zero-order valence-corrected chi connectivity index (χ0v) is 18.6. The van der Waals surface area contributed by atoms with Gasteiger partial charge >= 0.3 is 0 Å². The predicted molar refractivity (Wildman–Crippen MR) is 119 cm³/mol. The SMILES string of the molecule is O=C(NCc1ccccc1CN1CCCC1)C1CCN(S(=O)(=O)c2cccnc2)CC1. The lowest BCUT2D eigenvalue weighted by Crippen LogP contribution is -2.42. The molecule has 2 saturated heterocycles. The minimum atomic E-state index is -3.55. The van der Waals surface area contributed by atoms with Crippen LogP contribution in [0.5, 0.6) is 0 Å². The molecular formula is C23H30N4O3S. The normalized spacial score (nSPS) is 18.8. The van der Waals surface area contributed by atoms with Crippen LogP contribution in [0, 0.1) is 5.92 Å². The first-order valence-corrected chi connectivity index (χ1v) is 12.4. The second-order valence-corrected chi connectivity index (χ2v) is 10.3. The highest BCUT2D eigenvalue weighted by Gasteiger charge is 2.32. The third-order valence-corrected chi connectivity index (χ3v) is 8.14. The van der Waals surface area contributed by atoms with Gasteiger partial charge < -0.3 is 5.32 Å². The second kappa shape index (κ2) is 9.89. The number of sulfonamides is 1. The highest BCUT2D eigenvalue weighted by Crippen LogP contribution is 2.24. The van der Waals surface area contributed by atoms with Gasteiger partial charge in [0.25, 0.3) is 0 Å². The van der Waals surface area contributed by atoms with Crippen LogP contribution in [0.15, 0.2) is 53.7 Å². The first-order valence-electron chi connectivity index (χ1n) is 11.0. The van der Waals surface area contributed by atoms with Gasteiger partial charge in [-0.3, -0.25) is 14.7 Å². The van der Waals surface area contributed by atoms with Crippen molar-refractivity contribution in [1.82, 2.24) is 19.5 Å². The molecule has 166 valence electrons. The minimum absolute atomic E-state index is 0.00870. The fourth-order valence-corrected chi connectivity index (χ4v) is 5.83. The summed E-state index contributed by atoms with van der Waals surface area (Å²) in [5.74, 6) is -0.152. The summed E-state index contributed by atoms with van der Waals surface area (Å²) in [6.07, 6.45) is 6.50. The van der Waals surface area contributed by atoms with Gasteiger partial charge in [0.05, 0.1) is 0 Å². The second-order valence-electron chi connectivity index (χ2n) is 8.34. The molecule has 0 unspecified atom stereocenters. The van der Waals surface area contributed by atoms with E-state index >= 15 is 0 Å². The number of nitrogens with zero attached hydrogens (tertiary/aromatic N) is 3. The van der Waals surface area contributed by atoms with E-state index in [0.717, 1.165) is 25.2 Å². The quantitative estimate of drug-likeness (QED) is 0.712. The van der Waals surface area contributed by atoms with Gasteiger partial charge in [-0.05, 0) is 62.0 Å². The van der Waals surface area contributed by atoms with Gasteiger partial charge in [-0.2, -0.15) is 4.31 Å². The summed E-state index contributed by atoms with van der Waals surface area (Å²) >= 11 is 0. The molecule has 31 heavy (non-hydrogen) atoms. The highest BCUT2D eigenvalue weighted by molar-refractivity contribution is 7.89. The Labute approximate surface area is 184 Å². The van der Waals surface area contributed by atoms with Gasteiger partial charge in [-0.15, -0.1) is 0 Å². The zero-order valence-electron chi connectivity index (χ0n) is 17.7. The van der Waals surface area contributed by atoms with Gasteiger partial charge in [0.2, 0.25) is 15.9 Å². The molecule has 1 amide bonds. The summed E-state index contributed by atoms with van der Waals surface area (Å²) in [6.45, 7) is 4.41. The minimum Gasteiger partial charge on any atom is -0.352 e. The number of hydrogen-bond acceptors (Lipinski definition) is 5. The molecule has 0 radical (unpaired) electrons. The number of rotatable bonds is 7. The average Bonchev–Trinajstić information content (AvgIpc) is 3.32. The lowest BCUT2D eigenvalue weighted by Gasteiger charge is -2.30. The van der Waals surface area contributed by atoms with Crippen molar-refractivity contribution in [3.05, 3.63) is 59.9 Å². The molecule has 7 nitrogen and oxygen atoms in total. The fourth-order valence-electron chi connectivity index (χ4n) is 4.40. The number of hydrogen-bond donors (Lipinski definition) is 1. The Bertz CT molecular complexity index is 983. The Kier molecular flexibility index (Phi) is 6.99. The number of carbonyl (C=O) groups excluding carboxylic acids is 1. The first-order chi connectivity index (χ1) is 15.0. The van der Waals surface area contributed by atoms with Crippen molar-refractivity contribution in [2.45, 2.75) is 43.7 Å². The van der Waals surface area contributed by atoms with E-state index in [1.807, 2.05) is 6.07 Å². The van der Waals surface area contributed by atoms with Gasteiger partial charge in [0.15, 0.2) is 0 Å². The molecule has 1 aromatic carbocycles. The van der Waals surface area contributed by atoms with E-state index in [-0.39, 0.29) is 16.7 Å². The van der Waals surface area contributed by atoms with Gasteiger partial charge in [-0.1, -0.05) is 24.3 Å². The van der Waals surface area contributed by atoms with Crippen molar-refractivity contribution in [3.8, 4) is 0 Å². The van der Waals surface area contributed by atoms with E-state index < -0.39 is 10.0 Å². The number of nitrogens with one attached hydrogen (secondary N) is 1. The molecule has 3 heterocycles. The smallest absolute Gasteiger partial charge is 0.244 e. The van der Waals surface area contributed by atoms with Crippen LogP contribution in [0.25, 0.3) is 0 Å². The van der Waals surface area contributed by atoms with Crippen molar-refractivity contribution in [2.75, 3.05) is 26.2 Å². The summed E-state index contributed by atoms with van der Waals surface area (Å²) < 4.78 is 26.9. The maximum Gasteiger partial charge on any atom is 0.244 e. The lowest BCUT2D eigenvalue weighted by atomic mass is 9.97.